The molecule has 1 fully saturated rings. The molecule has 0 spiro atoms. The van der Waals surface area contributed by atoms with Gasteiger partial charge in [0.25, 0.3) is 5.91 Å². The predicted octanol–water partition coefficient (Wildman–Crippen LogP) is 3.13. The maximum Gasteiger partial charge on any atom is 0.264 e. The van der Waals surface area contributed by atoms with Gasteiger partial charge in [-0.1, -0.05) is 12.1 Å². The van der Waals surface area contributed by atoms with Crippen LogP contribution in [0.25, 0.3) is 0 Å². The third-order valence-electron chi connectivity index (χ3n) is 5.26. The van der Waals surface area contributed by atoms with Gasteiger partial charge in [-0.2, -0.15) is 0 Å². The minimum absolute atomic E-state index is 0.210. The Morgan fingerprint density at radius 1 is 1.32 bits per heavy atom. The number of nitrogens with zero attached hydrogens (tertiary/aromatic N) is 3. The van der Waals surface area contributed by atoms with Gasteiger partial charge in [0.1, 0.15) is 0 Å². The van der Waals surface area contributed by atoms with E-state index in [-0.39, 0.29) is 5.91 Å². The number of rotatable bonds is 3. The van der Waals surface area contributed by atoms with Crippen molar-refractivity contribution in [1.82, 2.24) is 15.0 Å². The Kier molecular flexibility index (Phi) is 4.65. The highest BCUT2D eigenvalue weighted by Gasteiger charge is 2.26. The highest BCUT2D eigenvalue weighted by molar-refractivity contribution is 7.14. The Balaban J connectivity index is 1.35. The van der Waals surface area contributed by atoms with Gasteiger partial charge in [-0.25, -0.2) is 0 Å². The van der Waals surface area contributed by atoms with Gasteiger partial charge in [-0.3, -0.25) is 9.69 Å². The van der Waals surface area contributed by atoms with Gasteiger partial charge in [0.05, 0.1) is 17.1 Å². The van der Waals surface area contributed by atoms with Crippen LogP contribution in [-0.2, 0) is 19.4 Å². The van der Waals surface area contributed by atoms with Crippen LogP contribution in [-0.4, -0.2) is 47.0 Å². The van der Waals surface area contributed by atoms with Crippen molar-refractivity contribution in [2.75, 3.05) is 26.2 Å². The van der Waals surface area contributed by atoms with E-state index in [1.165, 1.54) is 16.9 Å². The van der Waals surface area contributed by atoms with Crippen molar-refractivity contribution in [2.45, 2.75) is 39.7 Å². The molecule has 25 heavy (non-hydrogen) atoms. The van der Waals surface area contributed by atoms with Crippen molar-refractivity contribution in [3.8, 4) is 0 Å². The number of fused-ring (bicyclic) bond motifs is 1. The number of hydrogen-bond acceptors (Lipinski definition) is 5. The maximum atomic E-state index is 12.9. The second-order valence-corrected chi connectivity index (χ2v) is 8.55. The number of amides is 1. The van der Waals surface area contributed by atoms with Crippen molar-refractivity contribution < 1.29 is 9.32 Å². The van der Waals surface area contributed by atoms with Gasteiger partial charge < -0.3 is 9.42 Å². The third kappa shape index (κ3) is 3.65. The molecule has 1 unspecified atom stereocenters. The van der Waals surface area contributed by atoms with Gasteiger partial charge in [-0.15, -0.1) is 11.3 Å². The lowest BCUT2D eigenvalue weighted by molar-refractivity contribution is 0.0622. The molecule has 5 nitrogen and oxygen atoms in total. The van der Waals surface area contributed by atoms with Gasteiger partial charge in [0.2, 0.25) is 0 Å². The third-order valence-corrected chi connectivity index (χ3v) is 6.48. The standard InChI is InChI=1S/C19H25N3O2S/c1-13-3-4-17-15(9-13)11-18(25-17)19(23)22-7-5-21(6-8-22)12-16-10-14(2)20-24-16/h10-11,13H,3-9,12H2,1-2H3. The van der Waals surface area contributed by atoms with Crippen LogP contribution in [0.1, 0.15) is 44.9 Å². The molecule has 0 radical (unpaired) electrons. The van der Waals surface area contributed by atoms with Crippen LogP contribution >= 0.6 is 11.3 Å². The van der Waals surface area contributed by atoms with E-state index in [1.807, 2.05) is 17.9 Å². The fourth-order valence-corrected chi connectivity index (χ4v) is 4.96. The summed E-state index contributed by atoms with van der Waals surface area (Å²) in [7, 11) is 0. The zero-order valence-electron chi connectivity index (χ0n) is 15.0. The van der Waals surface area contributed by atoms with E-state index < -0.39 is 0 Å². The van der Waals surface area contributed by atoms with Crippen molar-refractivity contribution >= 4 is 17.2 Å². The minimum Gasteiger partial charge on any atom is -0.360 e. The fourth-order valence-electron chi connectivity index (χ4n) is 3.79. The number of piperazine rings is 1. The molecule has 6 heteroatoms. The van der Waals surface area contributed by atoms with Gasteiger partial charge in [-0.05, 0) is 43.7 Å². The molecule has 1 saturated heterocycles. The first kappa shape index (κ1) is 16.8. The molecule has 1 aliphatic heterocycles. The van der Waals surface area contributed by atoms with Crippen LogP contribution in [0.5, 0.6) is 0 Å². The van der Waals surface area contributed by atoms with Crippen molar-refractivity contribution in [3.63, 3.8) is 0 Å². The molecule has 2 aromatic heterocycles. The Labute approximate surface area is 152 Å². The van der Waals surface area contributed by atoms with E-state index in [2.05, 4.69) is 23.0 Å². The lowest BCUT2D eigenvalue weighted by Crippen LogP contribution is -2.48. The fraction of sp³-hybridized carbons (Fsp3) is 0.579. The topological polar surface area (TPSA) is 49.6 Å². The molecular weight excluding hydrogens is 334 g/mol. The number of carbonyl (C=O) groups is 1. The SMILES string of the molecule is Cc1cc(CN2CCN(C(=O)c3cc4c(s3)CCC(C)C4)CC2)on1. The summed E-state index contributed by atoms with van der Waals surface area (Å²) in [5.74, 6) is 1.85. The van der Waals surface area contributed by atoms with E-state index in [0.29, 0.717) is 0 Å². The first-order valence-corrected chi connectivity index (χ1v) is 9.95. The summed E-state index contributed by atoms with van der Waals surface area (Å²) >= 11 is 1.72. The second kappa shape index (κ2) is 6.92. The first-order chi connectivity index (χ1) is 12.1. The van der Waals surface area contributed by atoms with E-state index in [1.54, 1.807) is 11.3 Å². The van der Waals surface area contributed by atoms with Crippen LogP contribution in [0, 0.1) is 12.8 Å². The first-order valence-electron chi connectivity index (χ1n) is 9.14. The predicted molar refractivity (Wildman–Crippen MR) is 97.9 cm³/mol. The molecule has 0 aromatic carbocycles. The van der Waals surface area contributed by atoms with E-state index in [9.17, 15) is 4.79 Å². The normalized spacial score (nSPS) is 21.4. The van der Waals surface area contributed by atoms with E-state index in [4.69, 9.17) is 4.52 Å². The minimum atomic E-state index is 0.210. The molecule has 134 valence electrons. The van der Waals surface area contributed by atoms with E-state index >= 15 is 0 Å². The van der Waals surface area contributed by atoms with Crippen LogP contribution < -0.4 is 0 Å². The summed E-state index contributed by atoms with van der Waals surface area (Å²) in [6.07, 6.45) is 3.52. The largest absolute Gasteiger partial charge is 0.360 e. The summed E-state index contributed by atoms with van der Waals surface area (Å²) in [6.45, 7) is 8.34. The Hall–Kier alpha value is -1.66. The lowest BCUT2D eigenvalue weighted by Gasteiger charge is -2.33. The van der Waals surface area contributed by atoms with Crippen molar-refractivity contribution in [2.24, 2.45) is 5.92 Å². The molecule has 0 bridgehead atoms. The monoisotopic (exact) mass is 359 g/mol. The number of aromatic nitrogens is 1. The molecule has 3 heterocycles. The Morgan fingerprint density at radius 2 is 2.12 bits per heavy atom. The summed E-state index contributed by atoms with van der Waals surface area (Å²) < 4.78 is 5.30. The van der Waals surface area contributed by atoms with Crippen LogP contribution in [0.3, 0.4) is 0 Å². The molecular formula is C19H25N3O2S. The van der Waals surface area contributed by atoms with Crippen LogP contribution in [0.4, 0.5) is 0 Å². The highest BCUT2D eigenvalue weighted by Crippen LogP contribution is 2.32. The smallest absolute Gasteiger partial charge is 0.264 e. The lowest BCUT2D eigenvalue weighted by atomic mass is 9.90. The summed E-state index contributed by atoms with van der Waals surface area (Å²) in [5, 5.41) is 3.94. The summed E-state index contributed by atoms with van der Waals surface area (Å²) in [5.41, 5.74) is 2.33. The quantitative estimate of drug-likeness (QED) is 0.845. The molecule has 2 aliphatic rings. The Morgan fingerprint density at radius 3 is 2.84 bits per heavy atom. The zero-order valence-corrected chi connectivity index (χ0v) is 15.8. The molecule has 2 aromatic rings. The summed E-state index contributed by atoms with van der Waals surface area (Å²) in [6, 6.07) is 4.14. The van der Waals surface area contributed by atoms with Crippen molar-refractivity contribution in [1.29, 1.82) is 0 Å². The molecule has 1 aliphatic carbocycles. The maximum absolute atomic E-state index is 12.9. The molecule has 0 saturated carbocycles. The van der Waals surface area contributed by atoms with Gasteiger partial charge in [0, 0.05) is 37.1 Å². The van der Waals surface area contributed by atoms with Gasteiger partial charge in [0.15, 0.2) is 5.76 Å². The number of thiophene rings is 1. The van der Waals surface area contributed by atoms with Gasteiger partial charge >= 0.3 is 0 Å². The molecule has 1 amide bonds. The number of carbonyl (C=O) groups excluding carboxylic acids is 1. The number of hydrogen-bond donors (Lipinski definition) is 0. The van der Waals surface area contributed by atoms with Crippen LogP contribution in [0.15, 0.2) is 16.7 Å². The summed E-state index contributed by atoms with van der Waals surface area (Å²) in [4.78, 5) is 19.5. The average molecular weight is 359 g/mol. The number of aryl methyl sites for hydroxylation is 2. The van der Waals surface area contributed by atoms with Crippen molar-refractivity contribution in [3.05, 3.63) is 38.9 Å². The van der Waals surface area contributed by atoms with E-state index in [0.717, 1.165) is 67.8 Å². The van der Waals surface area contributed by atoms with Crippen LogP contribution in [0.2, 0.25) is 0 Å². The molecule has 1 atom stereocenters. The Bertz CT molecular complexity index is 759. The second-order valence-electron chi connectivity index (χ2n) is 7.41. The molecule has 0 N–H and O–H groups in total. The highest BCUT2D eigenvalue weighted by atomic mass is 32.1. The zero-order chi connectivity index (χ0) is 17.4. The average Bonchev–Trinajstić information content (AvgIpc) is 3.20. The molecule has 4 rings (SSSR count).